The molecular weight excluding hydrogens is 719 g/mol. The van der Waals surface area contributed by atoms with E-state index < -0.39 is 0 Å². The van der Waals surface area contributed by atoms with Crippen molar-refractivity contribution in [3.8, 4) is 22.3 Å². The van der Waals surface area contributed by atoms with Crippen molar-refractivity contribution in [3.63, 3.8) is 0 Å². The zero-order valence-corrected chi connectivity index (χ0v) is 31.9. The Balaban J connectivity index is 0.00000160. The normalized spacial score (nSPS) is 11.2. The maximum Gasteiger partial charge on any atom is 4.00 e. The molecule has 0 heterocycles. The van der Waals surface area contributed by atoms with Crippen LogP contribution in [0.15, 0.2) is 127 Å². The van der Waals surface area contributed by atoms with Gasteiger partial charge >= 0.3 is 25.8 Å². The number of aryl methyl sites for hydroxylation is 4. The fraction of sp³-hybridized carbons (Fsp3) is 0.156. The van der Waals surface area contributed by atoms with Crippen molar-refractivity contribution in [1.82, 2.24) is 0 Å². The maximum absolute atomic E-state index is 2.47. The molecule has 0 atom stereocenters. The van der Waals surface area contributed by atoms with Crippen LogP contribution in [0.25, 0.3) is 43.8 Å². The zero-order valence-electron chi connectivity index (χ0n) is 28.3. The molecule has 0 aromatic heterocycles. The Bertz CT molecular complexity index is 1930. The average molecular weight is 763 g/mol. The van der Waals surface area contributed by atoms with E-state index in [1.54, 1.807) is 0 Å². The molecule has 7 rings (SSSR count). The van der Waals surface area contributed by atoms with Crippen molar-refractivity contribution >= 4 is 21.5 Å². The Hall–Kier alpha value is -3.81. The second-order valence-corrected chi connectivity index (χ2v) is 12.9. The molecule has 0 bridgehead atoms. The van der Waals surface area contributed by atoms with Gasteiger partial charge in [-0.15, -0.1) is 69.1 Å². The molecule has 46 heavy (non-hydrogen) atoms. The predicted molar refractivity (Wildman–Crippen MR) is 198 cm³/mol. The molecule has 1 heteroatoms. The first kappa shape index (κ1) is 35.1. The standard InChI is InChI=1S/C43H38.2CH3.Hf/c1-28-17-29(2)20-35(19-28)39-15-9-13-33-23-37(25-41(33)39)43(5,27-32-11-7-6-8-12-32)38-24-34-14-10-16-40(42(34)26-38)36-21-30(3)18-31(4)22-36;;;/h6-26H,27H2,1-5H3;2*1H3;/q-2;2*-1;+4. The first-order valence-electron chi connectivity index (χ1n) is 15.4. The summed E-state index contributed by atoms with van der Waals surface area (Å²) in [4.78, 5) is 0. The van der Waals surface area contributed by atoms with E-state index in [4.69, 9.17) is 0 Å². The van der Waals surface area contributed by atoms with Gasteiger partial charge in [0, 0.05) is 0 Å². The second kappa shape index (κ2) is 13.9. The molecule has 0 aliphatic carbocycles. The summed E-state index contributed by atoms with van der Waals surface area (Å²) in [6, 6.07) is 48.1. The topological polar surface area (TPSA) is 0 Å². The van der Waals surface area contributed by atoms with Crippen molar-refractivity contribution in [3.05, 3.63) is 181 Å². The van der Waals surface area contributed by atoms with Crippen molar-refractivity contribution in [2.24, 2.45) is 0 Å². The summed E-state index contributed by atoms with van der Waals surface area (Å²) < 4.78 is 0. The van der Waals surface area contributed by atoms with Gasteiger partial charge in [-0.2, -0.15) is 12.1 Å². The Morgan fingerprint density at radius 2 is 0.913 bits per heavy atom. The SMILES string of the molecule is Cc1cc(C)cc(-c2cccc3[cH-]c(C(C)(Cc4ccccc4)c4cc5c(-c6cc(C)cc(C)c6)cccc5[cH-]4)cc23)c1.[CH3-].[CH3-].[Hf+4]. The van der Waals surface area contributed by atoms with E-state index in [-0.39, 0.29) is 46.1 Å². The molecule has 0 radical (unpaired) electrons. The van der Waals surface area contributed by atoms with E-state index in [9.17, 15) is 0 Å². The van der Waals surface area contributed by atoms with Crippen molar-refractivity contribution in [1.29, 1.82) is 0 Å². The fourth-order valence-electron chi connectivity index (χ4n) is 7.25. The molecule has 0 nitrogen and oxygen atoms in total. The van der Waals surface area contributed by atoms with E-state index >= 15 is 0 Å². The average Bonchev–Trinajstić information content (AvgIpc) is 3.62. The quantitative estimate of drug-likeness (QED) is 0.117. The minimum absolute atomic E-state index is 0. The molecule has 7 aromatic carbocycles. The van der Waals surface area contributed by atoms with Gasteiger partial charge in [0.1, 0.15) is 0 Å². The van der Waals surface area contributed by atoms with Crippen molar-refractivity contribution in [2.45, 2.75) is 46.5 Å². The van der Waals surface area contributed by atoms with E-state index in [1.165, 1.54) is 82.7 Å². The second-order valence-electron chi connectivity index (χ2n) is 12.9. The number of fused-ring (bicyclic) bond motifs is 2. The molecule has 228 valence electrons. The molecule has 0 aliphatic rings. The molecule has 0 N–H and O–H groups in total. The van der Waals surface area contributed by atoms with Gasteiger partial charge in [0.25, 0.3) is 0 Å². The first-order chi connectivity index (χ1) is 20.8. The minimum atomic E-state index is -0.209. The Morgan fingerprint density at radius 1 is 0.500 bits per heavy atom. The van der Waals surface area contributed by atoms with Gasteiger partial charge in [-0.1, -0.05) is 119 Å². The molecule has 0 unspecified atom stereocenters. The van der Waals surface area contributed by atoms with Gasteiger partial charge in [-0.3, -0.25) is 0 Å². The largest absolute Gasteiger partial charge is 4.00 e. The summed E-state index contributed by atoms with van der Waals surface area (Å²) in [7, 11) is 0. The van der Waals surface area contributed by atoms with Crippen molar-refractivity contribution < 1.29 is 25.8 Å². The smallest absolute Gasteiger partial charge is 0.358 e. The monoisotopic (exact) mass is 764 g/mol. The van der Waals surface area contributed by atoms with Crippen LogP contribution < -0.4 is 0 Å². The van der Waals surface area contributed by atoms with Crippen LogP contribution in [-0.4, -0.2) is 0 Å². The third-order valence-electron chi connectivity index (χ3n) is 9.24. The number of benzene rings is 5. The van der Waals surface area contributed by atoms with Gasteiger partial charge in [0.05, 0.1) is 0 Å². The minimum Gasteiger partial charge on any atom is -0.358 e. The summed E-state index contributed by atoms with van der Waals surface area (Å²) in [5.41, 5.74) is 14.3. The fourth-order valence-corrected chi connectivity index (χ4v) is 7.25. The van der Waals surface area contributed by atoms with E-state index in [2.05, 4.69) is 162 Å². The van der Waals surface area contributed by atoms with Crippen LogP contribution in [-0.2, 0) is 37.7 Å². The van der Waals surface area contributed by atoms with Crippen LogP contribution in [0.2, 0.25) is 0 Å². The summed E-state index contributed by atoms with van der Waals surface area (Å²) in [5.74, 6) is 0. The zero-order chi connectivity index (χ0) is 29.7. The summed E-state index contributed by atoms with van der Waals surface area (Å²) in [6.07, 6.45) is 0.929. The van der Waals surface area contributed by atoms with Crippen LogP contribution in [0.1, 0.15) is 45.9 Å². The molecule has 0 aliphatic heterocycles. The van der Waals surface area contributed by atoms with E-state index in [0.717, 1.165) is 6.42 Å². The van der Waals surface area contributed by atoms with Crippen LogP contribution >= 0.6 is 0 Å². The third kappa shape index (κ3) is 6.53. The Morgan fingerprint density at radius 3 is 1.33 bits per heavy atom. The molecule has 0 saturated heterocycles. The summed E-state index contributed by atoms with van der Waals surface area (Å²) >= 11 is 0. The Labute approximate surface area is 295 Å². The molecule has 0 spiro atoms. The van der Waals surface area contributed by atoms with Gasteiger partial charge in [-0.05, 0) is 56.2 Å². The Kier molecular flexibility index (Phi) is 10.6. The number of rotatable bonds is 6. The molecular formula is C45H44Hf. The molecule has 0 fully saturated rings. The third-order valence-corrected chi connectivity index (χ3v) is 9.24. The maximum atomic E-state index is 2.47. The molecule has 0 amide bonds. The summed E-state index contributed by atoms with van der Waals surface area (Å²) in [5, 5.41) is 5.26. The number of hydrogen-bond acceptors (Lipinski definition) is 0. The molecule has 0 saturated carbocycles. The van der Waals surface area contributed by atoms with Crippen molar-refractivity contribution in [2.75, 3.05) is 0 Å². The van der Waals surface area contributed by atoms with E-state index in [1.807, 2.05) is 0 Å². The van der Waals surface area contributed by atoms with Crippen LogP contribution in [0.4, 0.5) is 0 Å². The van der Waals surface area contributed by atoms with Gasteiger partial charge in [0.2, 0.25) is 0 Å². The number of hydrogen-bond donors (Lipinski definition) is 0. The predicted octanol–water partition coefficient (Wildman–Crippen LogP) is 12.4. The van der Waals surface area contributed by atoms with Gasteiger partial charge in [-0.25, -0.2) is 0 Å². The van der Waals surface area contributed by atoms with Crippen LogP contribution in [0, 0.1) is 42.5 Å². The van der Waals surface area contributed by atoms with E-state index in [0.29, 0.717) is 0 Å². The first-order valence-corrected chi connectivity index (χ1v) is 15.4. The van der Waals surface area contributed by atoms with Gasteiger partial charge < -0.3 is 14.9 Å². The van der Waals surface area contributed by atoms with Crippen LogP contribution in [0.3, 0.4) is 0 Å². The molecule has 7 aromatic rings. The van der Waals surface area contributed by atoms with Crippen LogP contribution in [0.5, 0.6) is 0 Å². The van der Waals surface area contributed by atoms with Gasteiger partial charge in [0.15, 0.2) is 0 Å². The summed E-state index contributed by atoms with van der Waals surface area (Å²) in [6.45, 7) is 11.2.